The van der Waals surface area contributed by atoms with Crippen molar-refractivity contribution >= 4 is 307 Å². The summed E-state index contributed by atoms with van der Waals surface area (Å²) in [6.07, 6.45) is 0. The van der Waals surface area contributed by atoms with E-state index in [-0.39, 0.29) is 181 Å². The number of rotatable bonds is 4. The Labute approximate surface area is 575 Å². The smallest absolute Gasteiger partial charge is 0.871 e. The first kappa shape index (κ1) is 61.8. The summed E-state index contributed by atoms with van der Waals surface area (Å²) >= 11 is 63.8. The maximum atomic E-state index is 13.2. The van der Waals surface area contributed by atoms with Crippen LogP contribution in [0.1, 0.15) is 20.7 Å². The molecule has 0 saturated carbocycles. The van der Waals surface area contributed by atoms with Crippen molar-refractivity contribution in [3.63, 3.8) is 0 Å². The minimum absolute atomic E-state index is 0. The van der Waals surface area contributed by atoms with Gasteiger partial charge in [0.25, 0.3) is 0 Å². The zero-order valence-corrected chi connectivity index (χ0v) is 59.9. The van der Waals surface area contributed by atoms with Gasteiger partial charge in [0.05, 0.1) is 80.3 Å². The average molecular weight is 1990 g/mol. The third-order valence-electron chi connectivity index (χ3n) is 8.95. The molecule has 0 N–H and O–H groups in total. The van der Waals surface area contributed by atoms with Crippen LogP contribution in [0, 0.1) is 28.6 Å². The van der Waals surface area contributed by atoms with Crippen molar-refractivity contribution in [2.75, 3.05) is 0 Å². The monoisotopic (exact) mass is 1990 g/mol. The number of benzene rings is 6. The van der Waals surface area contributed by atoms with Gasteiger partial charge in [-0.15, -0.1) is 0 Å². The van der Waals surface area contributed by atoms with Crippen molar-refractivity contribution in [1.82, 2.24) is 0 Å². The van der Waals surface area contributed by atoms with Gasteiger partial charge in [0.1, 0.15) is 7.14 Å². The van der Waals surface area contributed by atoms with E-state index in [9.17, 15) is 29.4 Å². The second-order valence-electron chi connectivity index (χ2n) is 12.8. The molecule has 68 heavy (non-hydrogen) atoms. The number of hydrogen-bond acceptors (Lipinski definition) is 10. The summed E-state index contributed by atoms with van der Waals surface area (Å²) in [6, 6.07) is 8.73. The molecule has 0 unspecified atom stereocenters. The second-order valence-corrected chi connectivity index (χ2v) is 24.9. The molecular formula is C40H6Cl8I8Na2O10. The normalized spacial score (nSPS) is 11.1. The van der Waals surface area contributed by atoms with E-state index in [0.29, 0.717) is 36.2 Å². The van der Waals surface area contributed by atoms with Gasteiger partial charge in [-0.2, -0.15) is 0 Å². The van der Waals surface area contributed by atoms with Gasteiger partial charge in [-0.25, -0.2) is 9.59 Å². The van der Waals surface area contributed by atoms with E-state index in [1.807, 2.05) is 181 Å². The predicted molar refractivity (Wildman–Crippen MR) is 322 cm³/mol. The summed E-state index contributed by atoms with van der Waals surface area (Å²) in [5, 5.41) is 25.4. The Morgan fingerprint density at radius 1 is 0.456 bits per heavy atom. The molecule has 4 aliphatic rings. The summed E-state index contributed by atoms with van der Waals surface area (Å²) in [6.45, 7) is 0. The number of fused-ring (bicyclic) bond motifs is 4. The largest absolute Gasteiger partial charge is 1.00 e. The molecule has 4 aromatic rings. The molecule has 10 nitrogen and oxygen atoms in total. The number of esters is 2. The Hall–Kier alpha value is 2.96. The van der Waals surface area contributed by atoms with Crippen LogP contribution in [-0.2, 0) is 0 Å². The summed E-state index contributed by atoms with van der Waals surface area (Å²) in [5.74, 6) is -1.63. The van der Waals surface area contributed by atoms with Gasteiger partial charge in [-0.3, -0.25) is 9.59 Å². The van der Waals surface area contributed by atoms with Crippen LogP contribution in [-0.4, -0.2) is 11.9 Å². The van der Waals surface area contributed by atoms with Crippen molar-refractivity contribution in [1.29, 1.82) is 0 Å². The van der Waals surface area contributed by atoms with E-state index >= 15 is 0 Å². The van der Waals surface area contributed by atoms with Crippen LogP contribution >= 0.6 is 274 Å². The average Bonchev–Trinajstić information content (AvgIpc) is 3.28. The number of halogens is 16. The molecule has 2 aliphatic carbocycles. The summed E-state index contributed by atoms with van der Waals surface area (Å²) in [4.78, 5) is 51.4. The van der Waals surface area contributed by atoms with E-state index in [0.717, 1.165) is 0 Å². The van der Waals surface area contributed by atoms with E-state index in [1.54, 1.807) is 24.3 Å². The van der Waals surface area contributed by atoms with Gasteiger partial charge in [-0.1, -0.05) is 104 Å². The van der Waals surface area contributed by atoms with Gasteiger partial charge in [0.15, 0.2) is 34.2 Å². The van der Waals surface area contributed by atoms with Crippen LogP contribution in [0.2, 0.25) is 40.2 Å². The number of carbonyl (C=O) groups excluding carboxylic acids is 2. The van der Waals surface area contributed by atoms with Gasteiger partial charge in [0, 0.05) is 14.3 Å². The first-order valence-corrected chi connectivity index (χ1v) is 28.5. The Morgan fingerprint density at radius 3 is 1.10 bits per heavy atom. The molecule has 0 saturated heterocycles. The van der Waals surface area contributed by atoms with Crippen LogP contribution in [0.5, 0.6) is 23.0 Å². The fourth-order valence-electron chi connectivity index (χ4n) is 5.86. The van der Waals surface area contributed by atoms with Crippen molar-refractivity contribution in [3.05, 3.63) is 137 Å². The summed E-state index contributed by atoms with van der Waals surface area (Å²) in [5.41, 5.74) is 0.424. The number of ether oxygens (including phenoxy) is 2. The molecule has 2 aliphatic heterocycles. The molecule has 8 rings (SSSR count). The third kappa shape index (κ3) is 12.0. The molecule has 2 heterocycles. The molecule has 0 amide bonds. The topological polar surface area (TPSA) is 159 Å². The van der Waals surface area contributed by atoms with E-state index in [1.165, 1.54) is 12.1 Å². The van der Waals surface area contributed by atoms with Gasteiger partial charge in [0.2, 0.25) is 10.9 Å². The molecule has 28 heteroatoms. The molecule has 4 aromatic carbocycles. The van der Waals surface area contributed by atoms with Crippen molar-refractivity contribution in [2.45, 2.75) is 0 Å². The van der Waals surface area contributed by atoms with Crippen molar-refractivity contribution in [2.24, 2.45) is 0 Å². The zero-order valence-electron chi connectivity index (χ0n) is 32.6. The third-order valence-corrected chi connectivity index (χ3v) is 19.6. The van der Waals surface area contributed by atoms with Crippen LogP contribution in [0.3, 0.4) is 0 Å². The Bertz CT molecular complexity index is 3320. The minimum Gasteiger partial charge on any atom is -0.871 e. The Morgan fingerprint density at radius 2 is 0.779 bits per heavy atom. The zero-order chi connectivity index (χ0) is 48.7. The van der Waals surface area contributed by atoms with Crippen molar-refractivity contribution in [3.8, 4) is 45.6 Å². The maximum absolute atomic E-state index is 13.2. The SMILES string of the molecule is O=C(Oc1c2cc(I)c(=O)c(I)c-2oc2c(I)c([O-])c(I)cc12)c1cc(Cl)c(Cl)c(Cl)c1Cl.O=C(Oc1c2cc(I)c(=O)c(I)c-2oc2c(I)c([O-])c(I)cc12)c1cc(Cl)c(Cl)c(Cl)c1Cl.[Na+].[Na+]. The van der Waals surface area contributed by atoms with Crippen LogP contribution in [0.25, 0.3) is 44.6 Å². The second kappa shape index (κ2) is 25.2. The molecule has 0 atom stereocenters. The quantitative estimate of drug-likeness (QED) is 0.0415. The predicted octanol–water partition coefficient (Wildman–Crippen LogP) is 10.5. The van der Waals surface area contributed by atoms with Crippen LogP contribution in [0.4, 0.5) is 0 Å². The maximum Gasteiger partial charge on any atom is 1.00 e. The van der Waals surface area contributed by atoms with Crippen LogP contribution in [0.15, 0.2) is 54.8 Å². The Kier molecular flexibility index (Phi) is 22.9. The standard InChI is InChI=1S/2C20H4Cl4I4O5.2Na/c2*21-7-1-4(10(22)12(24)11(7)23)20(31)33-17-5-2-8(25)15(29)13(27)18(5)32-19-6(17)3-9(26)16(30)14(19)28;;/h2*1-3,29H;;/q;;2*+1/p-2. The molecule has 0 bridgehead atoms. The van der Waals surface area contributed by atoms with E-state index in [2.05, 4.69) is 0 Å². The van der Waals surface area contributed by atoms with Gasteiger partial charge >= 0.3 is 71.1 Å². The Balaban J connectivity index is 0.000000247. The molecule has 0 aromatic heterocycles. The van der Waals surface area contributed by atoms with Crippen LogP contribution < -0.4 is 89.7 Å². The van der Waals surface area contributed by atoms with Crippen molar-refractivity contribution < 1.29 is 97.2 Å². The fourth-order valence-corrected chi connectivity index (χ4v) is 14.8. The number of hydrogen-bond donors (Lipinski definition) is 0. The van der Waals surface area contributed by atoms with E-state index in [4.69, 9.17) is 111 Å². The summed E-state index contributed by atoms with van der Waals surface area (Å²) < 4.78 is 26.3. The number of carbonyl (C=O) groups is 2. The molecular weight excluding hydrogens is 1990 g/mol. The van der Waals surface area contributed by atoms with Gasteiger partial charge < -0.3 is 28.5 Å². The first-order chi connectivity index (χ1) is 30.9. The molecule has 0 spiro atoms. The molecule has 340 valence electrons. The van der Waals surface area contributed by atoms with E-state index < -0.39 is 11.9 Å². The molecule has 0 radical (unpaired) electrons. The first-order valence-electron chi connectivity index (χ1n) is 16.8. The fraction of sp³-hybridized carbons (Fsp3) is 0. The molecule has 0 fully saturated rings. The summed E-state index contributed by atoms with van der Waals surface area (Å²) in [7, 11) is 0. The van der Waals surface area contributed by atoms with Gasteiger partial charge in [-0.05, 0) is 217 Å². The minimum atomic E-state index is -0.860.